The number of aromatic nitrogens is 3. The average Bonchev–Trinajstić information content (AvgIpc) is 3.34. The number of amides is 2. The van der Waals surface area contributed by atoms with Crippen molar-refractivity contribution in [3.05, 3.63) is 66.4 Å². The molecule has 2 saturated carbocycles. The van der Waals surface area contributed by atoms with Crippen molar-refractivity contribution in [2.45, 2.75) is 68.9 Å². The Morgan fingerprint density at radius 2 is 1.76 bits per heavy atom. The van der Waals surface area contributed by atoms with Gasteiger partial charge in [-0.2, -0.15) is 10.4 Å². The van der Waals surface area contributed by atoms with Crippen molar-refractivity contribution in [2.75, 3.05) is 0 Å². The molecule has 0 radical (unpaired) electrons. The summed E-state index contributed by atoms with van der Waals surface area (Å²) in [6.07, 6.45) is 3.33. The summed E-state index contributed by atoms with van der Waals surface area (Å²) < 4.78 is 35.7. The van der Waals surface area contributed by atoms with Gasteiger partial charge in [0.15, 0.2) is 5.76 Å². The van der Waals surface area contributed by atoms with Crippen molar-refractivity contribution in [2.24, 2.45) is 0 Å². The number of hydrogen-bond acceptors (Lipinski definition) is 6. The highest BCUT2D eigenvalue weighted by Gasteiger charge is 2.53. The molecule has 2 heterocycles. The number of furan rings is 1. The fourth-order valence-corrected chi connectivity index (χ4v) is 5.38. The lowest BCUT2D eigenvalue weighted by atomic mass is 9.78. The van der Waals surface area contributed by atoms with Gasteiger partial charge < -0.3 is 15.1 Å². The van der Waals surface area contributed by atoms with Gasteiger partial charge in [0.2, 0.25) is 11.8 Å². The predicted octanol–water partition coefficient (Wildman–Crippen LogP) is 5.09. The number of hydrogen-bond donors (Lipinski definition) is 2. The molecule has 2 amide bonds. The minimum Gasteiger partial charge on any atom is -0.451 e. The topological polar surface area (TPSA) is 126 Å². The molecule has 2 aromatic heterocycles. The highest BCUT2D eigenvalue weighted by atomic mass is 19.3. The minimum atomic E-state index is -2.91. The Balaban J connectivity index is 1.26. The maximum Gasteiger partial charge on any atom is 0.287 e. The molecule has 11 heteroatoms. The maximum absolute atomic E-state index is 14.0. The first-order chi connectivity index (χ1) is 19.6. The van der Waals surface area contributed by atoms with Crippen LogP contribution in [0.5, 0.6) is 0 Å². The number of fused-ring (bicyclic) bond motifs is 1. The number of benzene rings is 2. The Bertz CT molecular complexity index is 1670. The van der Waals surface area contributed by atoms with E-state index in [9.17, 15) is 23.6 Å². The fourth-order valence-electron chi connectivity index (χ4n) is 5.38. The molecule has 4 aromatic rings. The van der Waals surface area contributed by atoms with E-state index in [4.69, 9.17) is 4.42 Å². The Kier molecular flexibility index (Phi) is 6.36. The summed E-state index contributed by atoms with van der Waals surface area (Å²) >= 11 is 0. The van der Waals surface area contributed by atoms with Gasteiger partial charge in [0.25, 0.3) is 5.91 Å². The first kappa shape index (κ1) is 26.6. The highest BCUT2D eigenvalue weighted by molar-refractivity contribution is 6.01. The van der Waals surface area contributed by atoms with Crippen molar-refractivity contribution in [1.82, 2.24) is 25.4 Å². The van der Waals surface area contributed by atoms with E-state index >= 15 is 0 Å². The molecule has 0 aliphatic heterocycles. The first-order valence-corrected chi connectivity index (χ1v) is 13.6. The van der Waals surface area contributed by atoms with Gasteiger partial charge >= 0.3 is 0 Å². The normalized spacial score (nSPS) is 18.4. The van der Waals surface area contributed by atoms with E-state index in [2.05, 4.69) is 39.8 Å². The third-order valence-corrected chi connectivity index (χ3v) is 8.14. The van der Waals surface area contributed by atoms with E-state index in [0.29, 0.717) is 23.8 Å². The molecule has 41 heavy (non-hydrogen) atoms. The largest absolute Gasteiger partial charge is 0.451 e. The van der Waals surface area contributed by atoms with Crippen molar-refractivity contribution in [3.8, 4) is 22.9 Å². The summed E-state index contributed by atoms with van der Waals surface area (Å²) in [6.45, 7) is 2.06. The number of aryl methyl sites for hydroxylation is 1. The average molecular weight is 559 g/mol. The number of alkyl halides is 2. The van der Waals surface area contributed by atoms with Crippen molar-refractivity contribution < 1.29 is 22.8 Å². The van der Waals surface area contributed by atoms with Gasteiger partial charge in [-0.25, -0.2) is 18.4 Å². The lowest BCUT2D eigenvalue weighted by Crippen LogP contribution is -2.62. The summed E-state index contributed by atoms with van der Waals surface area (Å²) in [5.41, 5.74) is 1.79. The SMILES string of the molecule is CCc1cc(-c2ccc3cc(C(=O)NC4(C(=O)NC5(C#N)CC5)CCC(F)(F)CC4)oc3c2)ccc1-n1cncn1. The van der Waals surface area contributed by atoms with E-state index in [1.54, 1.807) is 17.1 Å². The van der Waals surface area contributed by atoms with Crippen molar-refractivity contribution >= 4 is 22.8 Å². The van der Waals surface area contributed by atoms with Crippen LogP contribution in [0.25, 0.3) is 27.8 Å². The predicted molar refractivity (Wildman–Crippen MR) is 145 cm³/mol. The maximum atomic E-state index is 14.0. The molecule has 2 N–H and O–H groups in total. The molecule has 0 unspecified atom stereocenters. The molecule has 2 aliphatic carbocycles. The van der Waals surface area contributed by atoms with Gasteiger partial charge in [0.1, 0.15) is 29.3 Å². The zero-order valence-corrected chi connectivity index (χ0v) is 22.4. The lowest BCUT2D eigenvalue weighted by molar-refractivity contribution is -0.133. The van der Waals surface area contributed by atoms with Crippen LogP contribution in [-0.2, 0) is 11.2 Å². The molecule has 2 fully saturated rings. The molecule has 0 spiro atoms. The number of carbonyl (C=O) groups excluding carboxylic acids is 2. The zero-order valence-electron chi connectivity index (χ0n) is 22.4. The Morgan fingerprint density at radius 1 is 1.02 bits per heavy atom. The number of nitriles is 1. The van der Waals surface area contributed by atoms with Crippen LogP contribution in [0.1, 0.15) is 61.6 Å². The van der Waals surface area contributed by atoms with E-state index in [-0.39, 0.29) is 18.6 Å². The minimum absolute atomic E-state index is 0.0288. The van der Waals surface area contributed by atoms with Crippen LogP contribution in [0.3, 0.4) is 0 Å². The molecule has 6 rings (SSSR count). The van der Waals surface area contributed by atoms with E-state index in [1.165, 1.54) is 6.33 Å². The van der Waals surface area contributed by atoms with Gasteiger partial charge in [-0.1, -0.05) is 25.1 Å². The summed E-state index contributed by atoms with van der Waals surface area (Å²) in [5, 5.41) is 19.7. The summed E-state index contributed by atoms with van der Waals surface area (Å²) in [4.78, 5) is 30.6. The van der Waals surface area contributed by atoms with Crippen LogP contribution in [0.15, 0.2) is 59.5 Å². The van der Waals surface area contributed by atoms with Crippen LogP contribution in [-0.4, -0.2) is 43.6 Å². The van der Waals surface area contributed by atoms with Gasteiger partial charge in [-0.15, -0.1) is 0 Å². The van der Waals surface area contributed by atoms with Gasteiger partial charge in [0, 0.05) is 18.2 Å². The third-order valence-electron chi connectivity index (χ3n) is 8.14. The molecular weight excluding hydrogens is 530 g/mol. The molecule has 0 atom stereocenters. The van der Waals surface area contributed by atoms with E-state index < -0.39 is 41.7 Å². The summed E-state index contributed by atoms with van der Waals surface area (Å²) in [6, 6.07) is 15.3. The molecule has 0 bridgehead atoms. The lowest BCUT2D eigenvalue weighted by Gasteiger charge is -2.39. The number of rotatable bonds is 7. The Hall–Kier alpha value is -4.59. The highest BCUT2D eigenvalue weighted by Crippen LogP contribution is 2.41. The van der Waals surface area contributed by atoms with Crippen LogP contribution >= 0.6 is 0 Å². The number of nitrogens with one attached hydrogen (secondary N) is 2. The number of halogens is 2. The molecule has 2 aromatic carbocycles. The molecular formula is C30H28F2N6O3. The smallest absolute Gasteiger partial charge is 0.287 e. The summed E-state index contributed by atoms with van der Waals surface area (Å²) in [7, 11) is 0. The van der Waals surface area contributed by atoms with Crippen LogP contribution in [0.4, 0.5) is 8.78 Å². The quantitative estimate of drug-likeness (QED) is 0.325. The van der Waals surface area contributed by atoms with Gasteiger partial charge in [-0.3, -0.25) is 9.59 Å². The van der Waals surface area contributed by atoms with Crippen LogP contribution in [0, 0.1) is 11.3 Å². The number of nitrogens with zero attached hydrogens (tertiary/aromatic N) is 4. The Labute approximate surface area is 234 Å². The third kappa shape index (κ3) is 5.06. The van der Waals surface area contributed by atoms with Gasteiger partial charge in [-0.05, 0) is 73.1 Å². The fraction of sp³-hybridized carbons (Fsp3) is 0.367. The second kappa shape index (κ2) is 9.80. The standard InChI is InChI=1S/C30H28F2N6O3/c1-2-19-13-20(5-6-23(19)38-18-34-17-35-38)21-3-4-22-15-25(41-24(22)14-21)26(39)36-29(9-11-30(31,32)12-10-29)27(40)37-28(16-33)7-8-28/h3-6,13-15,17-18H,2,7-12H2,1H3,(H,36,39)(H,37,40). The van der Waals surface area contributed by atoms with Crippen molar-refractivity contribution in [1.29, 1.82) is 5.26 Å². The van der Waals surface area contributed by atoms with Crippen molar-refractivity contribution in [3.63, 3.8) is 0 Å². The molecule has 0 saturated heterocycles. The number of carbonyl (C=O) groups is 2. The Morgan fingerprint density at radius 3 is 2.41 bits per heavy atom. The van der Waals surface area contributed by atoms with Crippen LogP contribution in [0.2, 0.25) is 0 Å². The second-order valence-electron chi connectivity index (χ2n) is 10.9. The molecule has 9 nitrogen and oxygen atoms in total. The van der Waals surface area contributed by atoms with E-state index in [0.717, 1.165) is 28.8 Å². The zero-order chi connectivity index (χ0) is 28.8. The monoisotopic (exact) mass is 558 g/mol. The van der Waals surface area contributed by atoms with Gasteiger partial charge in [0.05, 0.1) is 11.8 Å². The first-order valence-electron chi connectivity index (χ1n) is 13.6. The van der Waals surface area contributed by atoms with E-state index in [1.807, 2.05) is 30.3 Å². The second-order valence-corrected chi connectivity index (χ2v) is 10.9. The summed E-state index contributed by atoms with van der Waals surface area (Å²) in [5.74, 6) is -4.23. The van der Waals surface area contributed by atoms with Crippen LogP contribution < -0.4 is 10.6 Å². The molecule has 2 aliphatic rings. The molecule has 210 valence electrons.